The van der Waals surface area contributed by atoms with E-state index in [0.717, 1.165) is 28.1 Å². The molecule has 0 saturated carbocycles. The fraction of sp³-hybridized carbons (Fsp3) is 0.160. The lowest BCUT2D eigenvalue weighted by Gasteiger charge is -2.20. The van der Waals surface area contributed by atoms with Crippen molar-refractivity contribution in [3.63, 3.8) is 0 Å². The van der Waals surface area contributed by atoms with Gasteiger partial charge in [-0.05, 0) is 69.3 Å². The summed E-state index contributed by atoms with van der Waals surface area (Å²) in [7, 11) is -3.67. The van der Waals surface area contributed by atoms with Gasteiger partial charge in [0.05, 0.1) is 28.0 Å². The molecule has 3 aromatic heterocycles. The van der Waals surface area contributed by atoms with Gasteiger partial charge in [-0.3, -0.25) is 0 Å². The Morgan fingerprint density at radius 2 is 1.77 bits per heavy atom. The molecule has 2 N–H and O–H groups in total. The van der Waals surface area contributed by atoms with E-state index in [1.807, 2.05) is 75.5 Å². The van der Waals surface area contributed by atoms with E-state index in [0.29, 0.717) is 5.95 Å². The molecule has 0 amide bonds. The van der Waals surface area contributed by atoms with Crippen molar-refractivity contribution in [1.82, 2.24) is 29.1 Å². The third-order valence-corrected chi connectivity index (χ3v) is 6.91. The lowest BCUT2D eigenvalue weighted by atomic mass is 10.1. The zero-order chi connectivity index (χ0) is 24.6. The number of rotatable bonds is 6. The minimum Gasteiger partial charge on any atom is -0.323 e. The van der Waals surface area contributed by atoms with Crippen LogP contribution in [-0.4, -0.2) is 38.3 Å². The van der Waals surface area contributed by atoms with Crippen molar-refractivity contribution >= 4 is 27.2 Å². The molecule has 2 aromatic carbocycles. The first-order valence-corrected chi connectivity index (χ1v) is 12.5. The number of sulfonamides is 1. The Labute approximate surface area is 203 Å². The topological polar surface area (TPSA) is 106 Å². The van der Waals surface area contributed by atoms with Crippen LogP contribution in [-0.2, 0) is 10.0 Å². The maximum absolute atomic E-state index is 12.8. The number of hydrogen-bond acceptors (Lipinski definition) is 6. The third-order valence-electron chi connectivity index (χ3n) is 5.15. The van der Waals surface area contributed by atoms with Crippen LogP contribution in [0.2, 0.25) is 0 Å². The first-order chi connectivity index (χ1) is 16.7. The van der Waals surface area contributed by atoms with Crippen molar-refractivity contribution in [2.75, 3.05) is 5.32 Å². The number of benzene rings is 2. The Hall–Kier alpha value is -4.02. The zero-order valence-electron chi connectivity index (χ0n) is 19.5. The molecule has 0 bridgehead atoms. The smallest absolute Gasteiger partial charge is 0.245 e. The van der Waals surface area contributed by atoms with Gasteiger partial charge in [-0.2, -0.15) is 5.10 Å². The van der Waals surface area contributed by atoms with E-state index >= 15 is 0 Å². The summed E-state index contributed by atoms with van der Waals surface area (Å²) < 4.78 is 31.9. The van der Waals surface area contributed by atoms with Gasteiger partial charge < -0.3 is 5.32 Å². The van der Waals surface area contributed by atoms with E-state index in [1.54, 1.807) is 39.8 Å². The summed E-state index contributed by atoms with van der Waals surface area (Å²) in [6.07, 6.45) is 5.32. The molecule has 5 aromatic rings. The Morgan fingerprint density at radius 3 is 2.54 bits per heavy atom. The second-order valence-electron chi connectivity index (χ2n) is 9.15. The van der Waals surface area contributed by atoms with Gasteiger partial charge in [-0.1, -0.05) is 18.2 Å². The van der Waals surface area contributed by atoms with E-state index in [9.17, 15) is 8.42 Å². The highest BCUT2D eigenvalue weighted by Crippen LogP contribution is 2.26. The van der Waals surface area contributed by atoms with Crippen LogP contribution in [0.15, 0.2) is 90.2 Å². The van der Waals surface area contributed by atoms with E-state index in [-0.39, 0.29) is 4.90 Å². The molecule has 0 fully saturated rings. The molecular weight excluding hydrogens is 462 g/mol. The number of aromatic nitrogens is 5. The van der Waals surface area contributed by atoms with Crippen LogP contribution in [0.3, 0.4) is 0 Å². The number of anilines is 2. The van der Waals surface area contributed by atoms with Crippen LogP contribution in [0, 0.1) is 0 Å². The number of hydrogen-bond donors (Lipinski definition) is 2. The van der Waals surface area contributed by atoms with Crippen molar-refractivity contribution in [3.8, 4) is 16.9 Å². The van der Waals surface area contributed by atoms with Crippen LogP contribution >= 0.6 is 0 Å². The highest BCUT2D eigenvalue weighted by Gasteiger charge is 2.22. The van der Waals surface area contributed by atoms with Gasteiger partial charge >= 0.3 is 0 Å². The summed E-state index contributed by atoms with van der Waals surface area (Å²) in [6.45, 7) is 5.43. The predicted molar refractivity (Wildman–Crippen MR) is 135 cm³/mol. The van der Waals surface area contributed by atoms with Gasteiger partial charge in [-0.25, -0.2) is 27.3 Å². The second-order valence-corrected chi connectivity index (χ2v) is 10.8. The molecule has 10 heteroatoms. The van der Waals surface area contributed by atoms with Gasteiger partial charge in [0.25, 0.3) is 0 Å². The SMILES string of the molecule is CC(C)(C)NS(=O)(=O)c1cccc(-c2ccc3cnc(Nc4cccc(-n5cccn5)c4)nn23)c1. The fourth-order valence-corrected chi connectivity index (χ4v) is 5.20. The highest BCUT2D eigenvalue weighted by atomic mass is 32.2. The summed E-state index contributed by atoms with van der Waals surface area (Å²) in [6, 6.07) is 20.2. The Morgan fingerprint density at radius 1 is 0.943 bits per heavy atom. The first-order valence-electron chi connectivity index (χ1n) is 11.0. The molecule has 0 atom stereocenters. The van der Waals surface area contributed by atoms with Gasteiger partial charge in [0, 0.05) is 29.2 Å². The van der Waals surface area contributed by atoms with E-state index < -0.39 is 15.6 Å². The molecule has 0 spiro atoms. The lowest BCUT2D eigenvalue weighted by molar-refractivity contribution is 0.491. The van der Waals surface area contributed by atoms with E-state index in [4.69, 9.17) is 0 Å². The Balaban J connectivity index is 1.48. The molecule has 0 unspecified atom stereocenters. The van der Waals surface area contributed by atoms with Crippen molar-refractivity contribution in [2.45, 2.75) is 31.2 Å². The van der Waals surface area contributed by atoms with E-state index in [1.165, 1.54) is 0 Å². The molecule has 178 valence electrons. The molecular formula is C25H25N7O2S. The molecule has 0 aliphatic heterocycles. The predicted octanol–water partition coefficient (Wildman–Crippen LogP) is 4.40. The van der Waals surface area contributed by atoms with Crippen molar-refractivity contribution in [1.29, 1.82) is 0 Å². The van der Waals surface area contributed by atoms with Crippen LogP contribution < -0.4 is 10.0 Å². The Kier molecular flexibility index (Phi) is 5.62. The molecule has 9 nitrogen and oxygen atoms in total. The second kappa shape index (κ2) is 8.64. The fourth-order valence-electron chi connectivity index (χ4n) is 3.74. The Bertz CT molecular complexity index is 1600. The third kappa shape index (κ3) is 4.93. The van der Waals surface area contributed by atoms with Crippen molar-refractivity contribution < 1.29 is 8.42 Å². The number of fused-ring (bicyclic) bond motifs is 1. The number of nitrogens with zero attached hydrogens (tertiary/aromatic N) is 5. The summed E-state index contributed by atoms with van der Waals surface area (Å²) in [4.78, 5) is 4.62. The molecule has 0 aliphatic carbocycles. The average molecular weight is 488 g/mol. The standard InChI is InChI=1S/C25H25N7O2S/c1-25(2,3)30-35(33,34)22-10-4-7-18(15-22)23-12-11-21-17-26-24(29-32(21)23)28-19-8-5-9-20(16-19)31-14-6-13-27-31/h4-17,30H,1-3H3,(H,28,29). The number of nitrogens with one attached hydrogen (secondary N) is 2. The summed E-state index contributed by atoms with van der Waals surface area (Å²) in [5.74, 6) is 0.408. The van der Waals surface area contributed by atoms with Crippen LogP contribution in [0.4, 0.5) is 11.6 Å². The maximum atomic E-state index is 12.8. The minimum atomic E-state index is -3.67. The van der Waals surface area contributed by atoms with Gasteiger partial charge in [0.1, 0.15) is 0 Å². The van der Waals surface area contributed by atoms with Crippen LogP contribution in [0.1, 0.15) is 20.8 Å². The molecule has 0 aliphatic rings. The average Bonchev–Trinajstić information content (AvgIpc) is 3.48. The summed E-state index contributed by atoms with van der Waals surface area (Å²) >= 11 is 0. The summed E-state index contributed by atoms with van der Waals surface area (Å²) in [5, 5.41) is 12.2. The molecule has 35 heavy (non-hydrogen) atoms. The maximum Gasteiger partial charge on any atom is 0.245 e. The monoisotopic (exact) mass is 487 g/mol. The zero-order valence-corrected chi connectivity index (χ0v) is 20.4. The molecule has 5 rings (SSSR count). The minimum absolute atomic E-state index is 0.197. The van der Waals surface area contributed by atoms with Crippen LogP contribution in [0.25, 0.3) is 22.5 Å². The summed E-state index contributed by atoms with van der Waals surface area (Å²) in [5.41, 5.74) is 3.41. The lowest BCUT2D eigenvalue weighted by Crippen LogP contribution is -2.40. The van der Waals surface area contributed by atoms with Gasteiger partial charge in [-0.15, -0.1) is 5.10 Å². The van der Waals surface area contributed by atoms with Crippen molar-refractivity contribution in [3.05, 3.63) is 85.3 Å². The normalized spacial score (nSPS) is 12.2. The first kappa shape index (κ1) is 22.8. The van der Waals surface area contributed by atoms with Gasteiger partial charge in [0.15, 0.2) is 0 Å². The highest BCUT2D eigenvalue weighted by molar-refractivity contribution is 7.89. The molecule has 3 heterocycles. The van der Waals surface area contributed by atoms with Crippen molar-refractivity contribution in [2.24, 2.45) is 0 Å². The quantitative estimate of drug-likeness (QED) is 0.368. The molecule has 0 saturated heterocycles. The molecule has 0 radical (unpaired) electrons. The largest absolute Gasteiger partial charge is 0.323 e. The van der Waals surface area contributed by atoms with Gasteiger partial charge in [0.2, 0.25) is 16.0 Å². The van der Waals surface area contributed by atoms with E-state index in [2.05, 4.69) is 25.2 Å². The van der Waals surface area contributed by atoms with Crippen LogP contribution in [0.5, 0.6) is 0 Å².